The zero-order valence-electron chi connectivity index (χ0n) is 17.3. The summed E-state index contributed by atoms with van der Waals surface area (Å²) in [6.45, 7) is 0.564. The minimum Gasteiger partial charge on any atom is -0.394 e. The third kappa shape index (κ3) is 7.82. The molecule has 1 amide bonds. The maximum atomic E-state index is 14.9. The number of nitrogens with one attached hydrogen (secondary N) is 2. The number of ether oxygens (including phenoxy) is 1. The number of anilines is 2. The molecular formula is C20H21F3IN3O6. The maximum absolute atomic E-state index is 14.9. The predicted octanol–water partition coefficient (Wildman–Crippen LogP) is 2.81. The van der Waals surface area contributed by atoms with Crippen LogP contribution in [0, 0.1) is 21.0 Å². The van der Waals surface area contributed by atoms with E-state index in [4.69, 9.17) is 19.8 Å². The molecule has 1 atom stereocenters. The van der Waals surface area contributed by atoms with Crippen LogP contribution in [0.25, 0.3) is 0 Å². The topological polar surface area (TPSA) is 122 Å². The van der Waals surface area contributed by atoms with E-state index in [1.165, 1.54) is 25.1 Å². The number of hydrogen-bond acceptors (Lipinski definition) is 8. The summed E-state index contributed by atoms with van der Waals surface area (Å²) in [7, 11) is 0. The highest BCUT2D eigenvalue weighted by Gasteiger charge is 2.24. The Morgan fingerprint density at radius 1 is 1.18 bits per heavy atom. The van der Waals surface area contributed by atoms with Gasteiger partial charge in [0.1, 0.15) is 12.4 Å². The number of halogens is 4. The molecule has 1 unspecified atom stereocenters. The van der Waals surface area contributed by atoms with E-state index in [1.807, 2.05) is 28.1 Å². The Labute approximate surface area is 200 Å². The zero-order valence-corrected chi connectivity index (χ0v) is 19.4. The molecule has 2 aromatic rings. The van der Waals surface area contributed by atoms with Crippen molar-refractivity contribution in [2.45, 2.75) is 13.2 Å². The number of carbonyl (C=O) groups excluding carboxylic acids is 1. The van der Waals surface area contributed by atoms with Crippen molar-refractivity contribution in [3.05, 3.63) is 56.4 Å². The minimum atomic E-state index is -1.48. The zero-order chi connectivity index (χ0) is 24.4. The first-order valence-electron chi connectivity index (χ1n) is 9.47. The van der Waals surface area contributed by atoms with Gasteiger partial charge in [0.25, 0.3) is 5.91 Å². The lowest BCUT2D eigenvalue weighted by molar-refractivity contribution is -0.162. The summed E-state index contributed by atoms with van der Waals surface area (Å²) in [5, 5.41) is 23.2. The SMILES string of the molecule is CC(OCCO)ONC(=O)c1cc(C=NOCCO)c(F)c(F)c1Nc1ccc(I)cc1F. The molecule has 2 rings (SSSR count). The van der Waals surface area contributed by atoms with Gasteiger partial charge in [0.2, 0.25) is 0 Å². The Morgan fingerprint density at radius 2 is 1.91 bits per heavy atom. The summed E-state index contributed by atoms with van der Waals surface area (Å²) in [6.07, 6.45) is -0.155. The summed E-state index contributed by atoms with van der Waals surface area (Å²) >= 11 is 1.88. The van der Waals surface area contributed by atoms with Crippen molar-refractivity contribution >= 4 is 46.1 Å². The largest absolute Gasteiger partial charge is 0.394 e. The van der Waals surface area contributed by atoms with E-state index in [2.05, 4.69) is 15.3 Å². The van der Waals surface area contributed by atoms with E-state index in [0.29, 0.717) is 3.57 Å². The van der Waals surface area contributed by atoms with Crippen LogP contribution in [-0.4, -0.2) is 55.1 Å². The van der Waals surface area contributed by atoms with Crippen molar-refractivity contribution < 1.29 is 42.6 Å². The summed E-state index contributed by atoms with van der Waals surface area (Å²) in [4.78, 5) is 22.3. The fraction of sp³-hybridized carbons (Fsp3) is 0.300. The Morgan fingerprint density at radius 3 is 2.58 bits per heavy atom. The molecule has 9 nitrogen and oxygen atoms in total. The lowest BCUT2D eigenvalue weighted by Crippen LogP contribution is -2.31. The molecule has 0 aromatic heterocycles. The molecule has 0 aliphatic heterocycles. The molecule has 4 N–H and O–H groups in total. The molecule has 33 heavy (non-hydrogen) atoms. The molecule has 0 bridgehead atoms. The first kappa shape index (κ1) is 26.8. The standard InChI is InChI=1S/C20H21F3IN3O6/c1-11(31-6-4-28)33-27-20(30)14-8-12(10-25-32-7-5-29)17(22)18(23)19(14)26-16-3-2-13(24)9-15(16)21/h2-3,8-11,26,28-29H,4-7H2,1H3,(H,27,30). The van der Waals surface area contributed by atoms with Crippen LogP contribution in [0.1, 0.15) is 22.8 Å². The van der Waals surface area contributed by atoms with Gasteiger partial charge in [0.15, 0.2) is 17.9 Å². The lowest BCUT2D eigenvalue weighted by atomic mass is 10.1. The van der Waals surface area contributed by atoms with Gasteiger partial charge in [-0.15, -0.1) is 0 Å². The molecule has 0 saturated heterocycles. The van der Waals surface area contributed by atoms with Crippen LogP contribution < -0.4 is 10.8 Å². The molecular weight excluding hydrogens is 562 g/mol. The lowest BCUT2D eigenvalue weighted by Gasteiger charge is -2.17. The minimum absolute atomic E-state index is 0.0600. The first-order valence-corrected chi connectivity index (χ1v) is 10.5. The highest BCUT2D eigenvalue weighted by molar-refractivity contribution is 14.1. The van der Waals surface area contributed by atoms with Gasteiger partial charge in [-0.3, -0.25) is 4.79 Å². The van der Waals surface area contributed by atoms with Gasteiger partial charge in [0, 0.05) is 9.13 Å². The quantitative estimate of drug-likeness (QED) is 0.0998. The first-order chi connectivity index (χ1) is 15.8. The second-order valence-electron chi connectivity index (χ2n) is 6.27. The number of aliphatic hydroxyl groups excluding tert-OH is 2. The third-order valence-electron chi connectivity index (χ3n) is 3.88. The van der Waals surface area contributed by atoms with Gasteiger partial charge in [-0.1, -0.05) is 5.16 Å². The average Bonchev–Trinajstić information content (AvgIpc) is 2.79. The Kier molecular flexibility index (Phi) is 10.8. The van der Waals surface area contributed by atoms with Crippen LogP contribution in [0.15, 0.2) is 29.4 Å². The van der Waals surface area contributed by atoms with E-state index in [9.17, 15) is 18.0 Å². The molecule has 0 aliphatic rings. The molecule has 2 aromatic carbocycles. The summed E-state index contributed by atoms with van der Waals surface area (Å²) < 4.78 is 49.5. The molecule has 13 heteroatoms. The smallest absolute Gasteiger partial charge is 0.277 e. The van der Waals surface area contributed by atoms with Crippen LogP contribution in [0.2, 0.25) is 0 Å². The Balaban J connectivity index is 2.41. The van der Waals surface area contributed by atoms with Gasteiger partial charge in [-0.25, -0.2) is 23.5 Å². The summed E-state index contributed by atoms with van der Waals surface area (Å²) in [5.74, 6) is -4.61. The Bertz CT molecular complexity index is 996. The monoisotopic (exact) mass is 583 g/mol. The fourth-order valence-corrected chi connectivity index (χ4v) is 2.85. The van der Waals surface area contributed by atoms with Crippen molar-refractivity contribution in [1.82, 2.24) is 5.48 Å². The highest BCUT2D eigenvalue weighted by Crippen LogP contribution is 2.30. The van der Waals surface area contributed by atoms with Gasteiger partial charge < -0.3 is 25.1 Å². The molecule has 0 saturated carbocycles. The van der Waals surface area contributed by atoms with E-state index >= 15 is 0 Å². The van der Waals surface area contributed by atoms with Gasteiger partial charge in [0.05, 0.1) is 43.0 Å². The van der Waals surface area contributed by atoms with Crippen LogP contribution in [-0.2, 0) is 14.4 Å². The second kappa shape index (κ2) is 13.3. The van der Waals surface area contributed by atoms with Gasteiger partial charge >= 0.3 is 0 Å². The normalized spacial score (nSPS) is 12.1. The Hall–Kier alpha value is -2.46. The van der Waals surface area contributed by atoms with E-state index in [-0.39, 0.29) is 32.1 Å². The molecule has 0 fully saturated rings. The summed E-state index contributed by atoms with van der Waals surface area (Å²) in [5.41, 5.74) is 0.294. The van der Waals surface area contributed by atoms with E-state index in [0.717, 1.165) is 12.3 Å². The highest BCUT2D eigenvalue weighted by atomic mass is 127. The number of hydroxylamine groups is 1. The molecule has 0 heterocycles. The number of hydrogen-bond donors (Lipinski definition) is 4. The second-order valence-corrected chi connectivity index (χ2v) is 7.51. The molecule has 0 spiro atoms. The predicted molar refractivity (Wildman–Crippen MR) is 120 cm³/mol. The average molecular weight is 583 g/mol. The third-order valence-corrected chi connectivity index (χ3v) is 4.55. The molecule has 180 valence electrons. The van der Waals surface area contributed by atoms with Crippen LogP contribution >= 0.6 is 22.6 Å². The summed E-state index contributed by atoms with van der Waals surface area (Å²) in [6, 6.07) is 4.95. The van der Waals surface area contributed by atoms with Crippen LogP contribution in [0.5, 0.6) is 0 Å². The number of oxime groups is 1. The fourth-order valence-electron chi connectivity index (χ4n) is 2.40. The van der Waals surface area contributed by atoms with Crippen molar-refractivity contribution in [2.24, 2.45) is 5.16 Å². The molecule has 0 aliphatic carbocycles. The van der Waals surface area contributed by atoms with Crippen LogP contribution in [0.3, 0.4) is 0 Å². The molecule has 0 radical (unpaired) electrons. The number of rotatable bonds is 12. The van der Waals surface area contributed by atoms with Crippen LogP contribution in [0.4, 0.5) is 24.5 Å². The van der Waals surface area contributed by atoms with Gasteiger partial charge in [-0.05, 0) is 53.8 Å². The van der Waals surface area contributed by atoms with Crippen molar-refractivity contribution in [2.75, 3.05) is 31.7 Å². The number of nitrogens with zero attached hydrogens (tertiary/aromatic N) is 1. The van der Waals surface area contributed by atoms with E-state index < -0.39 is 46.5 Å². The van der Waals surface area contributed by atoms with Crippen molar-refractivity contribution in [3.63, 3.8) is 0 Å². The van der Waals surface area contributed by atoms with Crippen molar-refractivity contribution in [1.29, 1.82) is 0 Å². The van der Waals surface area contributed by atoms with Crippen molar-refractivity contribution in [3.8, 4) is 0 Å². The number of aliphatic hydroxyl groups is 2. The number of carbonyl (C=O) groups is 1. The van der Waals surface area contributed by atoms with E-state index in [1.54, 1.807) is 0 Å². The maximum Gasteiger partial charge on any atom is 0.277 e. The number of benzene rings is 2. The van der Waals surface area contributed by atoms with Gasteiger partial charge in [-0.2, -0.15) is 0 Å². The number of amides is 1.